The Morgan fingerprint density at radius 2 is 1.65 bits per heavy atom. The molecule has 1 amide bonds. The van der Waals surface area contributed by atoms with Crippen molar-refractivity contribution in [3.8, 4) is 0 Å². The van der Waals surface area contributed by atoms with E-state index in [0.717, 1.165) is 0 Å². The normalized spacial score (nSPS) is 23.8. The number of carbonyl (C=O) groups is 2. The van der Waals surface area contributed by atoms with Gasteiger partial charge in [-0.15, -0.1) is 0 Å². The summed E-state index contributed by atoms with van der Waals surface area (Å²) in [5.74, 6) is -1.03. The lowest BCUT2D eigenvalue weighted by atomic mass is 10.1. The zero-order valence-electron chi connectivity index (χ0n) is 13.1. The lowest BCUT2D eigenvalue weighted by molar-refractivity contribution is -0.142. The van der Waals surface area contributed by atoms with Gasteiger partial charge in [-0.25, -0.2) is 9.59 Å². The molecule has 1 saturated heterocycles. The Kier molecular flexibility index (Phi) is 4.69. The number of hydrogen-bond donors (Lipinski definition) is 1. The number of carboxylic acids is 1. The van der Waals surface area contributed by atoms with Gasteiger partial charge in [-0.05, 0) is 41.5 Å². The largest absolute Gasteiger partial charge is 0.480 e. The molecule has 0 unspecified atom stereocenters. The average Bonchev–Trinajstić information content (AvgIpc) is 2.56. The second kappa shape index (κ2) is 5.60. The number of amides is 1. The minimum Gasteiger partial charge on any atom is -0.480 e. The molecule has 0 saturated carbocycles. The standard InChI is InChI=1S/C14H25NO5/c1-13(2,3)19-9-7-10(11(16)17)15(8-9)12(18)20-14(4,5)6/h9-10H,7-8H2,1-6H3,(H,16,17)/t9-,10+/m1/s1. The molecule has 0 aliphatic carbocycles. The molecule has 6 nitrogen and oxygen atoms in total. The van der Waals surface area contributed by atoms with Gasteiger partial charge in [0.1, 0.15) is 11.6 Å². The van der Waals surface area contributed by atoms with Crippen molar-refractivity contribution in [2.24, 2.45) is 0 Å². The molecule has 116 valence electrons. The van der Waals surface area contributed by atoms with E-state index in [1.54, 1.807) is 20.8 Å². The van der Waals surface area contributed by atoms with Crippen LogP contribution in [0.3, 0.4) is 0 Å². The third kappa shape index (κ3) is 5.00. The highest BCUT2D eigenvalue weighted by Crippen LogP contribution is 2.26. The van der Waals surface area contributed by atoms with Crippen LogP contribution in [0.4, 0.5) is 4.79 Å². The van der Waals surface area contributed by atoms with Gasteiger partial charge in [0.2, 0.25) is 0 Å². The summed E-state index contributed by atoms with van der Waals surface area (Å²) in [6, 6.07) is -0.891. The van der Waals surface area contributed by atoms with Crippen LogP contribution in [0, 0.1) is 0 Å². The third-order valence-corrected chi connectivity index (χ3v) is 2.70. The van der Waals surface area contributed by atoms with Gasteiger partial charge in [-0.1, -0.05) is 0 Å². The van der Waals surface area contributed by atoms with E-state index in [4.69, 9.17) is 9.47 Å². The van der Waals surface area contributed by atoms with Crippen molar-refractivity contribution in [1.82, 2.24) is 4.90 Å². The number of aliphatic carboxylic acids is 1. The van der Waals surface area contributed by atoms with Gasteiger partial charge in [0.15, 0.2) is 0 Å². The Balaban J connectivity index is 2.78. The highest BCUT2D eigenvalue weighted by Gasteiger charge is 2.43. The van der Waals surface area contributed by atoms with Crippen molar-refractivity contribution in [3.05, 3.63) is 0 Å². The van der Waals surface area contributed by atoms with Crippen molar-refractivity contribution in [3.63, 3.8) is 0 Å². The molecule has 0 aromatic heterocycles. The monoisotopic (exact) mass is 287 g/mol. The first-order valence-electron chi connectivity index (χ1n) is 6.79. The van der Waals surface area contributed by atoms with Crippen LogP contribution in [0.2, 0.25) is 0 Å². The topological polar surface area (TPSA) is 76.1 Å². The molecule has 0 aromatic carbocycles. The van der Waals surface area contributed by atoms with Crippen LogP contribution >= 0.6 is 0 Å². The zero-order chi connectivity index (χ0) is 15.7. The van der Waals surface area contributed by atoms with Crippen molar-refractivity contribution in [2.45, 2.75) is 71.3 Å². The molecule has 1 fully saturated rings. The van der Waals surface area contributed by atoms with Gasteiger partial charge in [-0.3, -0.25) is 4.90 Å². The summed E-state index contributed by atoms with van der Waals surface area (Å²) in [6.07, 6.45) is -0.611. The van der Waals surface area contributed by atoms with Crippen molar-refractivity contribution >= 4 is 12.1 Å². The molecule has 1 heterocycles. The predicted molar refractivity (Wildman–Crippen MR) is 73.6 cm³/mol. The highest BCUT2D eigenvalue weighted by atomic mass is 16.6. The zero-order valence-corrected chi connectivity index (χ0v) is 13.1. The number of carboxylic acid groups (broad SMARTS) is 1. The number of likely N-dealkylation sites (tertiary alicyclic amines) is 1. The minimum atomic E-state index is -1.03. The Labute approximate surface area is 120 Å². The molecule has 1 aliphatic heterocycles. The number of hydrogen-bond acceptors (Lipinski definition) is 4. The van der Waals surface area contributed by atoms with E-state index in [2.05, 4.69) is 0 Å². The van der Waals surface area contributed by atoms with Crippen LogP contribution in [0.15, 0.2) is 0 Å². The maximum Gasteiger partial charge on any atom is 0.411 e. The number of nitrogens with zero attached hydrogens (tertiary/aromatic N) is 1. The van der Waals surface area contributed by atoms with Gasteiger partial charge < -0.3 is 14.6 Å². The van der Waals surface area contributed by atoms with E-state index in [1.165, 1.54) is 4.90 Å². The van der Waals surface area contributed by atoms with Crippen molar-refractivity contribution < 1.29 is 24.2 Å². The third-order valence-electron chi connectivity index (χ3n) is 2.70. The molecule has 0 aromatic rings. The predicted octanol–water partition coefficient (Wildman–Crippen LogP) is 2.26. The lowest BCUT2D eigenvalue weighted by Crippen LogP contribution is -2.43. The number of ether oxygens (including phenoxy) is 2. The van der Waals surface area contributed by atoms with Gasteiger partial charge in [0.05, 0.1) is 18.2 Å². The molecule has 0 spiro atoms. The molecule has 0 bridgehead atoms. The summed E-state index contributed by atoms with van der Waals surface area (Å²) in [5.41, 5.74) is -1.03. The van der Waals surface area contributed by atoms with Gasteiger partial charge in [-0.2, -0.15) is 0 Å². The Hall–Kier alpha value is -1.30. The number of carbonyl (C=O) groups excluding carboxylic acids is 1. The Morgan fingerprint density at radius 1 is 1.10 bits per heavy atom. The second-order valence-corrected chi connectivity index (χ2v) is 7.07. The van der Waals surface area contributed by atoms with Crippen molar-refractivity contribution in [1.29, 1.82) is 0 Å². The molecule has 6 heteroatoms. The van der Waals surface area contributed by atoms with Crippen LogP contribution in [0.1, 0.15) is 48.0 Å². The van der Waals surface area contributed by atoms with Crippen LogP contribution < -0.4 is 0 Å². The summed E-state index contributed by atoms with van der Waals surface area (Å²) in [5, 5.41) is 9.24. The summed E-state index contributed by atoms with van der Waals surface area (Å²) < 4.78 is 11.0. The van der Waals surface area contributed by atoms with E-state index >= 15 is 0 Å². The minimum absolute atomic E-state index is 0.239. The fourth-order valence-corrected chi connectivity index (χ4v) is 2.14. The molecular formula is C14H25NO5. The molecular weight excluding hydrogens is 262 g/mol. The summed E-state index contributed by atoms with van der Waals surface area (Å²) in [4.78, 5) is 24.6. The first-order valence-corrected chi connectivity index (χ1v) is 6.79. The Bertz CT molecular complexity index is 380. The summed E-state index contributed by atoms with van der Waals surface area (Å²) >= 11 is 0. The molecule has 20 heavy (non-hydrogen) atoms. The van der Waals surface area contributed by atoms with E-state index in [0.29, 0.717) is 0 Å². The van der Waals surface area contributed by atoms with E-state index < -0.39 is 23.7 Å². The summed E-state index contributed by atoms with van der Waals surface area (Å²) in [7, 11) is 0. The SMILES string of the molecule is CC(C)(C)OC(=O)N1C[C@H](OC(C)(C)C)C[C@H]1C(=O)O. The maximum absolute atomic E-state index is 12.1. The smallest absolute Gasteiger partial charge is 0.411 e. The first-order chi connectivity index (χ1) is 8.89. The average molecular weight is 287 g/mol. The van der Waals surface area contributed by atoms with Gasteiger partial charge in [0.25, 0.3) is 0 Å². The highest BCUT2D eigenvalue weighted by molar-refractivity contribution is 5.81. The van der Waals surface area contributed by atoms with Crippen LogP contribution in [-0.2, 0) is 14.3 Å². The molecule has 1 aliphatic rings. The fourth-order valence-electron chi connectivity index (χ4n) is 2.14. The quantitative estimate of drug-likeness (QED) is 0.843. The van der Waals surface area contributed by atoms with E-state index in [-0.39, 0.29) is 24.7 Å². The molecule has 0 radical (unpaired) electrons. The van der Waals surface area contributed by atoms with Gasteiger partial charge >= 0.3 is 12.1 Å². The van der Waals surface area contributed by atoms with Crippen LogP contribution in [0.25, 0.3) is 0 Å². The maximum atomic E-state index is 12.1. The lowest BCUT2D eigenvalue weighted by Gasteiger charge is -2.27. The van der Waals surface area contributed by atoms with E-state index in [9.17, 15) is 14.7 Å². The van der Waals surface area contributed by atoms with E-state index in [1.807, 2.05) is 20.8 Å². The molecule has 1 N–H and O–H groups in total. The summed E-state index contributed by atoms with van der Waals surface area (Å²) in [6.45, 7) is 11.2. The first kappa shape index (κ1) is 16.8. The van der Waals surface area contributed by atoms with Crippen LogP contribution in [-0.4, -0.2) is 52.0 Å². The fraction of sp³-hybridized carbons (Fsp3) is 0.857. The number of rotatable bonds is 2. The molecule has 1 rings (SSSR count). The van der Waals surface area contributed by atoms with Crippen molar-refractivity contribution in [2.75, 3.05) is 6.54 Å². The molecule has 2 atom stereocenters. The van der Waals surface area contributed by atoms with Crippen LogP contribution in [0.5, 0.6) is 0 Å². The second-order valence-electron chi connectivity index (χ2n) is 7.07. The van der Waals surface area contributed by atoms with Gasteiger partial charge in [0, 0.05) is 6.42 Å². The Morgan fingerprint density at radius 3 is 2.05 bits per heavy atom.